The van der Waals surface area contributed by atoms with Gasteiger partial charge in [0.15, 0.2) is 11.5 Å². The monoisotopic (exact) mass is 636 g/mol. The molecule has 2 heterocycles. The Labute approximate surface area is 271 Å². The fraction of sp³-hybridized carbons (Fsp3) is 0.314. The normalized spacial score (nSPS) is 28.1. The van der Waals surface area contributed by atoms with Gasteiger partial charge in [-0.15, -0.1) is 0 Å². The summed E-state index contributed by atoms with van der Waals surface area (Å²) in [5.41, 5.74) is 0.847. The van der Waals surface area contributed by atoms with E-state index in [1.54, 1.807) is 61.5 Å². The molecule has 0 radical (unpaired) electrons. The number of ether oxygens (including phenoxy) is 2. The van der Waals surface area contributed by atoms with Gasteiger partial charge in [-0.25, -0.2) is 4.90 Å². The number of nitrogens with zero attached hydrogens (tertiary/aromatic N) is 2. The molecule has 0 bridgehead atoms. The zero-order valence-corrected chi connectivity index (χ0v) is 26.0. The molecule has 11 nitrogen and oxygen atoms in total. The molecule has 3 aromatic rings. The molecule has 0 aromatic heterocycles. The number of anilines is 2. The maximum Gasteiger partial charge on any atom is 0.488 e. The molecule has 6 atom stereocenters. The minimum absolute atomic E-state index is 0.122. The first kappa shape index (κ1) is 30.7. The number of para-hydroxylation sites is 1. The van der Waals surface area contributed by atoms with Crippen LogP contribution in [0.1, 0.15) is 31.2 Å². The van der Waals surface area contributed by atoms with Gasteiger partial charge in [-0.2, -0.15) is 0 Å². The molecular formula is C35H33BN2O9. The summed E-state index contributed by atoms with van der Waals surface area (Å²) in [4.78, 5) is 59.4. The van der Waals surface area contributed by atoms with Crippen molar-refractivity contribution in [3.63, 3.8) is 0 Å². The van der Waals surface area contributed by atoms with Crippen LogP contribution in [-0.4, -0.2) is 60.1 Å². The third-order valence-electron chi connectivity index (χ3n) is 10.6. The highest BCUT2D eigenvalue weighted by Crippen LogP contribution is 2.64. The molecule has 2 saturated heterocycles. The molecule has 2 aliphatic heterocycles. The summed E-state index contributed by atoms with van der Waals surface area (Å²) < 4.78 is 10.9. The van der Waals surface area contributed by atoms with Gasteiger partial charge in [-0.05, 0) is 73.1 Å². The second-order valence-electron chi connectivity index (χ2n) is 12.8. The van der Waals surface area contributed by atoms with E-state index in [1.807, 2.05) is 6.08 Å². The number of allylic oxidation sites excluding steroid dienone is 2. The minimum Gasteiger partial charge on any atom is -0.502 e. The van der Waals surface area contributed by atoms with Crippen molar-refractivity contribution in [1.82, 2.24) is 0 Å². The maximum atomic E-state index is 14.6. The number of carbonyl (C=O) groups excluding carboxylic acids is 4. The Balaban J connectivity index is 1.38. The van der Waals surface area contributed by atoms with Gasteiger partial charge in [0.2, 0.25) is 29.4 Å². The topological polar surface area (TPSA) is 154 Å². The van der Waals surface area contributed by atoms with E-state index in [1.165, 1.54) is 31.3 Å². The molecule has 1 saturated carbocycles. The van der Waals surface area contributed by atoms with Crippen LogP contribution < -0.4 is 24.7 Å². The van der Waals surface area contributed by atoms with E-state index in [0.29, 0.717) is 11.3 Å². The van der Waals surface area contributed by atoms with Crippen LogP contribution in [0.4, 0.5) is 11.4 Å². The van der Waals surface area contributed by atoms with E-state index >= 15 is 0 Å². The van der Waals surface area contributed by atoms with E-state index in [9.17, 15) is 34.3 Å². The number of benzene rings is 3. The number of carbonyl (C=O) groups is 4. The average Bonchev–Trinajstić information content (AvgIpc) is 3.44. The Hall–Kier alpha value is -4.94. The van der Waals surface area contributed by atoms with Crippen molar-refractivity contribution in [2.75, 3.05) is 24.0 Å². The number of aromatic hydroxyl groups is 1. The number of imide groups is 2. The predicted octanol–water partition coefficient (Wildman–Crippen LogP) is 2.52. The second-order valence-corrected chi connectivity index (χ2v) is 12.8. The number of rotatable bonds is 6. The number of phenols is 1. The lowest BCUT2D eigenvalue weighted by Gasteiger charge is -2.49. The van der Waals surface area contributed by atoms with Gasteiger partial charge < -0.3 is 24.6 Å². The summed E-state index contributed by atoms with van der Waals surface area (Å²) in [7, 11) is 1.02. The van der Waals surface area contributed by atoms with Crippen LogP contribution in [0.5, 0.6) is 17.2 Å². The van der Waals surface area contributed by atoms with Crippen molar-refractivity contribution >= 4 is 47.6 Å². The lowest BCUT2D eigenvalue weighted by atomic mass is 9.51. The quantitative estimate of drug-likeness (QED) is 0.211. The summed E-state index contributed by atoms with van der Waals surface area (Å²) in [6.07, 6.45) is 2.33. The average molecular weight is 636 g/mol. The van der Waals surface area contributed by atoms with Gasteiger partial charge in [-0.1, -0.05) is 42.0 Å². The number of methoxy groups -OCH3 is 2. The number of phenolic OH excluding ortho intramolecular Hbond substituents is 1. The van der Waals surface area contributed by atoms with E-state index < -0.39 is 53.9 Å². The number of fused-ring (bicyclic) bond motifs is 4. The van der Waals surface area contributed by atoms with Crippen LogP contribution in [0.15, 0.2) is 78.4 Å². The van der Waals surface area contributed by atoms with Crippen LogP contribution in [0.25, 0.3) is 0 Å². The second kappa shape index (κ2) is 11.1. The highest BCUT2D eigenvalue weighted by molar-refractivity contribution is 6.58. The van der Waals surface area contributed by atoms with Gasteiger partial charge in [0.25, 0.3) is 0 Å². The molecule has 47 heavy (non-hydrogen) atoms. The summed E-state index contributed by atoms with van der Waals surface area (Å²) in [5.74, 6) is -5.24. The van der Waals surface area contributed by atoms with Crippen molar-refractivity contribution in [2.45, 2.75) is 25.7 Å². The van der Waals surface area contributed by atoms with Gasteiger partial charge in [0.05, 0.1) is 48.8 Å². The molecule has 4 amide bonds. The number of hydrogen-bond donors (Lipinski definition) is 3. The SMILES string of the molecule is COc1cc([C@H]2C3=CC[C@@H]4C(=O)N(c5cccc(B(O)O)c5)C(=O)[C@@H]4[C@@H]3C[C@H]3C(=O)N(c4ccccc4)C(=O)[C@@]23C)cc(OC)c1O. The molecule has 3 fully saturated rings. The Morgan fingerprint density at radius 2 is 1.47 bits per heavy atom. The van der Waals surface area contributed by atoms with Crippen LogP contribution in [-0.2, 0) is 19.2 Å². The lowest BCUT2D eigenvalue weighted by Crippen LogP contribution is -2.48. The van der Waals surface area contributed by atoms with Crippen molar-refractivity contribution in [3.05, 3.63) is 83.9 Å². The Bertz CT molecular complexity index is 1840. The summed E-state index contributed by atoms with van der Waals surface area (Å²) >= 11 is 0. The van der Waals surface area contributed by atoms with Gasteiger partial charge >= 0.3 is 7.12 Å². The summed E-state index contributed by atoms with van der Waals surface area (Å²) in [6, 6.07) is 18.0. The smallest absolute Gasteiger partial charge is 0.488 e. The molecule has 7 rings (SSSR count). The van der Waals surface area contributed by atoms with Gasteiger partial charge in [0, 0.05) is 5.92 Å². The molecule has 4 aliphatic rings. The van der Waals surface area contributed by atoms with Gasteiger partial charge in [0.1, 0.15) is 0 Å². The lowest BCUT2D eigenvalue weighted by molar-refractivity contribution is -0.131. The third-order valence-corrected chi connectivity index (χ3v) is 10.6. The maximum absolute atomic E-state index is 14.6. The van der Waals surface area contributed by atoms with Crippen molar-refractivity contribution in [3.8, 4) is 17.2 Å². The van der Waals surface area contributed by atoms with Crippen LogP contribution >= 0.6 is 0 Å². The first-order chi connectivity index (χ1) is 22.5. The van der Waals surface area contributed by atoms with Crippen LogP contribution in [0.3, 0.4) is 0 Å². The largest absolute Gasteiger partial charge is 0.502 e. The Kier molecular flexibility index (Phi) is 7.25. The summed E-state index contributed by atoms with van der Waals surface area (Å²) in [5, 5.41) is 30.2. The van der Waals surface area contributed by atoms with Crippen molar-refractivity contribution in [2.24, 2.45) is 29.1 Å². The first-order valence-electron chi connectivity index (χ1n) is 15.4. The molecule has 0 unspecified atom stereocenters. The summed E-state index contributed by atoms with van der Waals surface area (Å²) in [6.45, 7) is 1.78. The molecule has 3 N–H and O–H groups in total. The van der Waals surface area contributed by atoms with E-state index in [4.69, 9.17) is 9.47 Å². The highest BCUT2D eigenvalue weighted by atomic mass is 16.5. The van der Waals surface area contributed by atoms with Crippen molar-refractivity contribution in [1.29, 1.82) is 0 Å². The molecular weight excluding hydrogens is 603 g/mol. The molecule has 240 valence electrons. The third kappa shape index (κ3) is 4.35. The molecule has 12 heteroatoms. The zero-order chi connectivity index (χ0) is 33.4. The zero-order valence-electron chi connectivity index (χ0n) is 26.0. The first-order valence-corrected chi connectivity index (χ1v) is 15.4. The molecule has 3 aromatic carbocycles. The van der Waals surface area contributed by atoms with Crippen LogP contribution in [0, 0.1) is 29.1 Å². The number of amides is 4. The Morgan fingerprint density at radius 1 is 0.809 bits per heavy atom. The van der Waals surface area contributed by atoms with E-state index in [2.05, 4.69) is 0 Å². The standard InChI is InChI=1S/C35H33BN2O9/c1-35-25(32(41)38(34(35)43)20-9-5-4-6-10-20)17-24-22(29(35)18-14-26(46-2)30(39)27(15-18)47-3)12-13-23-28(24)33(42)37(31(23)40)21-11-7-8-19(16-21)36(44)45/h4-12,14-16,23-25,28-29,39,44-45H,13,17H2,1-3H3/t23-,24+,25-,28-,29-,35+/m0/s1. The fourth-order valence-corrected chi connectivity index (χ4v) is 8.38. The number of hydrogen-bond acceptors (Lipinski definition) is 9. The minimum atomic E-state index is -1.78. The molecule has 2 aliphatic carbocycles. The Morgan fingerprint density at radius 3 is 2.11 bits per heavy atom. The highest BCUT2D eigenvalue weighted by Gasteiger charge is 2.67. The van der Waals surface area contributed by atoms with E-state index in [0.717, 1.165) is 10.5 Å². The van der Waals surface area contributed by atoms with E-state index in [-0.39, 0.29) is 53.1 Å². The predicted molar refractivity (Wildman–Crippen MR) is 171 cm³/mol. The fourth-order valence-electron chi connectivity index (χ4n) is 8.38. The van der Waals surface area contributed by atoms with Crippen LogP contribution in [0.2, 0.25) is 0 Å². The van der Waals surface area contributed by atoms with Crippen molar-refractivity contribution < 1.29 is 43.8 Å². The molecule has 0 spiro atoms. The van der Waals surface area contributed by atoms with Gasteiger partial charge in [-0.3, -0.25) is 24.1 Å².